The Balaban J connectivity index is 2.85. The van der Waals surface area contributed by atoms with E-state index >= 15 is 0 Å². The monoisotopic (exact) mass is 236 g/mol. The highest BCUT2D eigenvalue weighted by Crippen LogP contribution is 2.10. The first kappa shape index (κ1) is 12.5. The molecule has 16 heavy (non-hydrogen) atoms. The van der Waals surface area contributed by atoms with Gasteiger partial charge < -0.3 is 5.32 Å². The van der Waals surface area contributed by atoms with Crippen molar-refractivity contribution in [3.8, 4) is 12.3 Å². The number of nitrogens with one attached hydrogen (secondary N) is 1. The summed E-state index contributed by atoms with van der Waals surface area (Å²) >= 11 is 5.77. The number of pyridine rings is 1. The number of terminal acetylenes is 1. The Kier molecular flexibility index (Phi) is 4.33. The molecule has 1 heterocycles. The lowest BCUT2D eigenvalue weighted by atomic mass is 10.2. The molecule has 0 fully saturated rings. The minimum absolute atomic E-state index is 0.225. The average molecular weight is 237 g/mol. The smallest absolute Gasteiger partial charge is 0.252 e. The van der Waals surface area contributed by atoms with E-state index in [0.29, 0.717) is 22.8 Å². The fourth-order valence-corrected chi connectivity index (χ4v) is 1.51. The molecule has 1 aromatic rings. The highest BCUT2D eigenvalue weighted by atomic mass is 35.5. The van der Waals surface area contributed by atoms with Gasteiger partial charge in [0.25, 0.3) is 5.91 Å². The molecule has 1 unspecified atom stereocenters. The summed E-state index contributed by atoms with van der Waals surface area (Å²) in [5, 5.41) is 3.03. The summed E-state index contributed by atoms with van der Waals surface area (Å²) < 4.78 is 0. The van der Waals surface area contributed by atoms with Crippen LogP contribution in [0.5, 0.6) is 0 Å². The van der Waals surface area contributed by atoms with Crippen LogP contribution in [0.2, 0.25) is 5.15 Å². The van der Waals surface area contributed by atoms with Crippen LogP contribution in [-0.2, 0) is 0 Å². The van der Waals surface area contributed by atoms with Crippen LogP contribution in [-0.4, -0.2) is 16.9 Å². The van der Waals surface area contributed by atoms with Crippen molar-refractivity contribution in [2.24, 2.45) is 0 Å². The molecule has 1 aromatic heterocycles. The van der Waals surface area contributed by atoms with Crippen LogP contribution < -0.4 is 5.32 Å². The van der Waals surface area contributed by atoms with Gasteiger partial charge in [0.05, 0.1) is 6.04 Å². The maximum Gasteiger partial charge on any atom is 0.252 e. The molecule has 0 saturated carbocycles. The van der Waals surface area contributed by atoms with Gasteiger partial charge in [0.2, 0.25) is 0 Å². The summed E-state index contributed by atoms with van der Waals surface area (Å²) in [6.45, 7) is 3.69. The molecular formula is C12H13ClN2O. The van der Waals surface area contributed by atoms with Gasteiger partial charge in [0.15, 0.2) is 0 Å². The fraction of sp³-hybridized carbons (Fsp3) is 0.333. The zero-order valence-electron chi connectivity index (χ0n) is 9.25. The molecule has 0 aliphatic rings. The number of nitrogens with zero attached hydrogens (tertiary/aromatic N) is 1. The van der Waals surface area contributed by atoms with Crippen LogP contribution in [0.1, 0.15) is 29.4 Å². The third-order valence-corrected chi connectivity index (χ3v) is 2.29. The molecule has 1 atom stereocenters. The van der Waals surface area contributed by atoms with E-state index in [-0.39, 0.29) is 11.9 Å². The Hall–Kier alpha value is -1.53. The molecule has 3 nitrogen and oxygen atoms in total. The quantitative estimate of drug-likeness (QED) is 0.646. The van der Waals surface area contributed by atoms with Crippen LogP contribution in [0.25, 0.3) is 0 Å². The van der Waals surface area contributed by atoms with Gasteiger partial charge in [0, 0.05) is 11.3 Å². The summed E-state index contributed by atoms with van der Waals surface area (Å²) in [4.78, 5) is 15.8. The van der Waals surface area contributed by atoms with E-state index < -0.39 is 0 Å². The van der Waals surface area contributed by atoms with Gasteiger partial charge in [-0.25, -0.2) is 4.98 Å². The molecule has 0 saturated heterocycles. The summed E-state index contributed by atoms with van der Waals surface area (Å²) in [6, 6.07) is 2.94. The maximum absolute atomic E-state index is 11.8. The number of rotatable bonds is 3. The number of hydrogen-bond donors (Lipinski definition) is 1. The van der Waals surface area contributed by atoms with E-state index in [2.05, 4.69) is 16.2 Å². The van der Waals surface area contributed by atoms with Gasteiger partial charge >= 0.3 is 0 Å². The Bertz CT molecular complexity index is 417. The molecule has 0 spiro atoms. The van der Waals surface area contributed by atoms with Crippen LogP contribution in [0.15, 0.2) is 12.1 Å². The first-order valence-corrected chi connectivity index (χ1v) is 5.35. The van der Waals surface area contributed by atoms with Crippen molar-refractivity contribution >= 4 is 17.5 Å². The van der Waals surface area contributed by atoms with E-state index in [1.165, 1.54) is 6.07 Å². The SMILES string of the molecule is C#CC(CC)NC(=O)c1cc(C)nc(Cl)c1. The van der Waals surface area contributed by atoms with Crippen molar-refractivity contribution in [1.29, 1.82) is 0 Å². The van der Waals surface area contributed by atoms with Crippen molar-refractivity contribution < 1.29 is 4.79 Å². The lowest BCUT2D eigenvalue weighted by Crippen LogP contribution is -2.33. The third-order valence-electron chi connectivity index (χ3n) is 2.10. The van der Waals surface area contributed by atoms with E-state index in [9.17, 15) is 4.79 Å². The Labute approximate surface area is 100 Å². The predicted octanol–water partition coefficient (Wildman–Crippen LogP) is 2.19. The number of carbonyl (C=O) groups is 1. The molecule has 0 radical (unpaired) electrons. The molecular weight excluding hydrogens is 224 g/mol. The van der Waals surface area contributed by atoms with Gasteiger partial charge in [0.1, 0.15) is 5.15 Å². The van der Waals surface area contributed by atoms with Crippen molar-refractivity contribution in [3.05, 3.63) is 28.5 Å². The second-order valence-corrected chi connectivity index (χ2v) is 3.81. The molecule has 1 N–H and O–H groups in total. The number of amides is 1. The summed E-state index contributed by atoms with van der Waals surface area (Å²) in [7, 11) is 0. The zero-order chi connectivity index (χ0) is 12.1. The lowest BCUT2D eigenvalue weighted by molar-refractivity contribution is 0.0945. The van der Waals surface area contributed by atoms with Gasteiger partial charge in [-0.3, -0.25) is 4.79 Å². The topological polar surface area (TPSA) is 42.0 Å². The number of hydrogen-bond acceptors (Lipinski definition) is 2. The number of aromatic nitrogens is 1. The van der Waals surface area contributed by atoms with Crippen LogP contribution in [0.3, 0.4) is 0 Å². The van der Waals surface area contributed by atoms with Gasteiger partial charge in [-0.15, -0.1) is 6.42 Å². The molecule has 1 amide bonds. The normalized spacial score (nSPS) is 11.6. The number of halogens is 1. The van der Waals surface area contributed by atoms with Crippen molar-refractivity contribution in [2.75, 3.05) is 0 Å². The Morgan fingerprint density at radius 1 is 1.69 bits per heavy atom. The molecule has 1 rings (SSSR count). The zero-order valence-corrected chi connectivity index (χ0v) is 10.0. The molecule has 0 aliphatic heterocycles. The third kappa shape index (κ3) is 3.25. The van der Waals surface area contributed by atoms with E-state index in [1.54, 1.807) is 13.0 Å². The van der Waals surface area contributed by atoms with Crippen LogP contribution in [0, 0.1) is 19.3 Å². The van der Waals surface area contributed by atoms with E-state index in [0.717, 1.165) is 0 Å². The van der Waals surface area contributed by atoms with E-state index in [1.807, 2.05) is 6.92 Å². The minimum Gasteiger partial charge on any atom is -0.338 e. The van der Waals surface area contributed by atoms with Crippen molar-refractivity contribution in [1.82, 2.24) is 10.3 Å². The standard InChI is InChI=1S/C12H13ClN2O/c1-4-10(5-2)15-12(16)9-6-8(3)14-11(13)7-9/h1,6-7,10H,5H2,2-3H3,(H,15,16). The van der Waals surface area contributed by atoms with Crippen LogP contribution >= 0.6 is 11.6 Å². The minimum atomic E-state index is -0.250. The predicted molar refractivity (Wildman–Crippen MR) is 64.4 cm³/mol. The summed E-state index contributed by atoms with van der Waals surface area (Å²) in [6.07, 6.45) is 5.96. The van der Waals surface area contributed by atoms with Gasteiger partial charge in [-0.1, -0.05) is 24.4 Å². The molecule has 0 bridgehead atoms. The molecule has 0 aromatic carbocycles. The van der Waals surface area contributed by atoms with Gasteiger partial charge in [-0.2, -0.15) is 0 Å². The highest BCUT2D eigenvalue weighted by Gasteiger charge is 2.11. The maximum atomic E-state index is 11.8. The van der Waals surface area contributed by atoms with Crippen LogP contribution in [0.4, 0.5) is 0 Å². The second-order valence-electron chi connectivity index (χ2n) is 3.42. The summed E-state index contributed by atoms with van der Waals surface area (Å²) in [5.74, 6) is 2.28. The number of carbonyl (C=O) groups excluding carboxylic acids is 1. The fourth-order valence-electron chi connectivity index (χ4n) is 1.26. The average Bonchev–Trinajstić information content (AvgIpc) is 2.24. The highest BCUT2D eigenvalue weighted by molar-refractivity contribution is 6.29. The van der Waals surface area contributed by atoms with Crippen molar-refractivity contribution in [3.63, 3.8) is 0 Å². The number of aryl methyl sites for hydroxylation is 1. The Morgan fingerprint density at radius 3 is 2.88 bits per heavy atom. The van der Waals surface area contributed by atoms with E-state index in [4.69, 9.17) is 18.0 Å². The first-order chi connectivity index (χ1) is 7.56. The first-order valence-electron chi connectivity index (χ1n) is 4.98. The second kappa shape index (κ2) is 5.53. The lowest BCUT2D eigenvalue weighted by Gasteiger charge is -2.10. The van der Waals surface area contributed by atoms with Crippen molar-refractivity contribution in [2.45, 2.75) is 26.3 Å². The Morgan fingerprint density at radius 2 is 2.38 bits per heavy atom. The summed E-state index contributed by atoms with van der Waals surface area (Å²) in [5.41, 5.74) is 1.18. The molecule has 4 heteroatoms. The largest absolute Gasteiger partial charge is 0.338 e. The van der Waals surface area contributed by atoms with Gasteiger partial charge in [-0.05, 0) is 25.5 Å². The molecule has 0 aliphatic carbocycles. The molecule has 84 valence electrons.